The van der Waals surface area contributed by atoms with Crippen LogP contribution < -0.4 is 5.56 Å². The molecule has 0 spiro atoms. The minimum atomic E-state index is -0.216. The zero-order valence-electron chi connectivity index (χ0n) is 8.55. The summed E-state index contributed by atoms with van der Waals surface area (Å²) in [4.78, 5) is 11.8. The summed E-state index contributed by atoms with van der Waals surface area (Å²) in [5.74, 6) is 0.370. The highest BCUT2D eigenvalue weighted by molar-refractivity contribution is 9.10. The van der Waals surface area contributed by atoms with Gasteiger partial charge in [-0.15, -0.1) is 0 Å². The van der Waals surface area contributed by atoms with Crippen LogP contribution in [0.1, 0.15) is 19.4 Å². The standard InChI is InChI=1S/C10H12BrClN2O/c1-6(2)4-14-5-8(11)9(12)7(3-13)10(14)15/h3,5-6,13H,4H2,1-2H3. The molecule has 0 fully saturated rings. The molecule has 1 heterocycles. The summed E-state index contributed by atoms with van der Waals surface area (Å²) in [5.41, 5.74) is 0.0126. The van der Waals surface area contributed by atoms with Gasteiger partial charge in [-0.1, -0.05) is 25.4 Å². The average molecular weight is 292 g/mol. The maximum atomic E-state index is 11.8. The summed E-state index contributed by atoms with van der Waals surface area (Å²) in [6.45, 7) is 4.67. The van der Waals surface area contributed by atoms with E-state index in [0.29, 0.717) is 22.0 Å². The van der Waals surface area contributed by atoms with Gasteiger partial charge in [-0.2, -0.15) is 0 Å². The van der Waals surface area contributed by atoms with E-state index < -0.39 is 0 Å². The van der Waals surface area contributed by atoms with Crippen molar-refractivity contribution in [2.75, 3.05) is 0 Å². The predicted molar refractivity (Wildman–Crippen MR) is 66.1 cm³/mol. The quantitative estimate of drug-likeness (QED) is 0.855. The van der Waals surface area contributed by atoms with E-state index in [1.165, 1.54) is 0 Å². The van der Waals surface area contributed by atoms with Gasteiger partial charge in [0.15, 0.2) is 0 Å². The molecule has 3 nitrogen and oxygen atoms in total. The van der Waals surface area contributed by atoms with Crippen LogP contribution in [0.3, 0.4) is 0 Å². The molecule has 0 aromatic carbocycles. The van der Waals surface area contributed by atoms with Gasteiger partial charge in [0.1, 0.15) is 0 Å². The fourth-order valence-electron chi connectivity index (χ4n) is 1.28. The SMILES string of the molecule is CC(C)Cn1cc(Br)c(Cl)c(C=N)c1=O. The molecular formula is C10H12BrClN2O. The van der Waals surface area contributed by atoms with E-state index in [9.17, 15) is 4.79 Å². The zero-order chi connectivity index (χ0) is 11.6. The van der Waals surface area contributed by atoms with Gasteiger partial charge in [0, 0.05) is 19.0 Å². The van der Waals surface area contributed by atoms with Crippen molar-refractivity contribution >= 4 is 33.7 Å². The molecule has 82 valence electrons. The molecule has 0 atom stereocenters. The Balaban J connectivity index is 3.37. The Morgan fingerprint density at radius 2 is 2.27 bits per heavy atom. The highest BCUT2D eigenvalue weighted by Gasteiger charge is 2.11. The Kier molecular flexibility index (Phi) is 4.11. The van der Waals surface area contributed by atoms with Crippen LogP contribution >= 0.6 is 27.5 Å². The smallest absolute Gasteiger partial charge is 0.260 e. The number of nitrogens with one attached hydrogen (secondary N) is 1. The second-order valence-electron chi connectivity index (χ2n) is 3.70. The average Bonchev–Trinajstić information content (AvgIpc) is 2.14. The lowest BCUT2D eigenvalue weighted by Gasteiger charge is -2.11. The first kappa shape index (κ1) is 12.5. The number of halogens is 2. The van der Waals surface area contributed by atoms with Crippen molar-refractivity contribution in [3.63, 3.8) is 0 Å². The molecule has 1 aromatic heterocycles. The molecule has 0 radical (unpaired) electrons. The number of hydrogen-bond donors (Lipinski definition) is 1. The topological polar surface area (TPSA) is 45.9 Å². The molecule has 5 heteroatoms. The molecule has 0 unspecified atom stereocenters. The Bertz CT molecular complexity index is 440. The van der Waals surface area contributed by atoms with E-state index in [-0.39, 0.29) is 11.1 Å². The first-order valence-electron chi connectivity index (χ1n) is 4.56. The van der Waals surface area contributed by atoms with Crippen molar-refractivity contribution in [3.05, 3.63) is 31.6 Å². The summed E-state index contributed by atoms with van der Waals surface area (Å²) >= 11 is 9.16. The van der Waals surface area contributed by atoms with E-state index >= 15 is 0 Å². The molecule has 0 aliphatic carbocycles. The lowest BCUT2D eigenvalue weighted by molar-refractivity contribution is 0.510. The molecule has 0 bridgehead atoms. The highest BCUT2D eigenvalue weighted by Crippen LogP contribution is 2.22. The summed E-state index contributed by atoms with van der Waals surface area (Å²) in [6, 6.07) is 0. The molecule has 0 aliphatic heterocycles. The van der Waals surface area contributed by atoms with Gasteiger partial charge < -0.3 is 9.98 Å². The molecule has 1 N–H and O–H groups in total. The number of aromatic nitrogens is 1. The molecule has 15 heavy (non-hydrogen) atoms. The number of hydrogen-bond acceptors (Lipinski definition) is 2. The van der Waals surface area contributed by atoms with E-state index in [0.717, 1.165) is 6.21 Å². The van der Waals surface area contributed by atoms with Gasteiger partial charge in [0.25, 0.3) is 5.56 Å². The Morgan fingerprint density at radius 1 is 1.67 bits per heavy atom. The lowest BCUT2D eigenvalue weighted by atomic mass is 10.2. The van der Waals surface area contributed by atoms with Crippen LogP contribution in [0.5, 0.6) is 0 Å². The second kappa shape index (κ2) is 4.94. The number of pyridine rings is 1. The van der Waals surface area contributed by atoms with Gasteiger partial charge in [-0.25, -0.2) is 0 Å². The maximum Gasteiger partial charge on any atom is 0.260 e. The summed E-state index contributed by atoms with van der Waals surface area (Å²) in [7, 11) is 0. The first-order chi connectivity index (χ1) is 6.97. The fourth-order valence-corrected chi connectivity index (χ4v) is 1.93. The van der Waals surface area contributed by atoms with Crippen LogP contribution in [0.15, 0.2) is 15.5 Å². The van der Waals surface area contributed by atoms with Crippen LogP contribution in [0.4, 0.5) is 0 Å². The van der Waals surface area contributed by atoms with Gasteiger partial charge in [0.2, 0.25) is 0 Å². The van der Waals surface area contributed by atoms with Crippen molar-refractivity contribution in [2.45, 2.75) is 20.4 Å². The number of nitrogens with zero attached hydrogens (tertiary/aromatic N) is 1. The Morgan fingerprint density at radius 3 is 2.73 bits per heavy atom. The van der Waals surface area contributed by atoms with Crippen molar-refractivity contribution in [1.82, 2.24) is 4.57 Å². The highest BCUT2D eigenvalue weighted by atomic mass is 79.9. The summed E-state index contributed by atoms with van der Waals surface area (Å²) < 4.78 is 2.21. The van der Waals surface area contributed by atoms with E-state index in [4.69, 9.17) is 17.0 Å². The monoisotopic (exact) mass is 290 g/mol. The van der Waals surface area contributed by atoms with Crippen LogP contribution in [0, 0.1) is 11.3 Å². The molecule has 1 rings (SSSR count). The van der Waals surface area contributed by atoms with Gasteiger partial charge >= 0.3 is 0 Å². The molecular weight excluding hydrogens is 279 g/mol. The Hall–Kier alpha value is -0.610. The third kappa shape index (κ3) is 2.69. The molecule has 0 aliphatic rings. The maximum absolute atomic E-state index is 11.8. The summed E-state index contributed by atoms with van der Waals surface area (Å²) in [5, 5.41) is 7.46. The van der Waals surface area contributed by atoms with E-state index in [1.54, 1.807) is 10.8 Å². The largest absolute Gasteiger partial charge is 0.313 e. The van der Waals surface area contributed by atoms with Gasteiger partial charge in [-0.05, 0) is 21.8 Å². The van der Waals surface area contributed by atoms with Gasteiger partial charge in [-0.3, -0.25) is 4.79 Å². The third-order valence-corrected chi connectivity index (χ3v) is 3.15. The van der Waals surface area contributed by atoms with Crippen molar-refractivity contribution in [3.8, 4) is 0 Å². The van der Waals surface area contributed by atoms with E-state index in [1.807, 2.05) is 13.8 Å². The normalized spacial score (nSPS) is 10.7. The summed E-state index contributed by atoms with van der Waals surface area (Å²) in [6.07, 6.45) is 2.66. The van der Waals surface area contributed by atoms with Crippen LogP contribution in [-0.4, -0.2) is 10.8 Å². The lowest BCUT2D eigenvalue weighted by Crippen LogP contribution is -2.25. The second-order valence-corrected chi connectivity index (χ2v) is 4.93. The van der Waals surface area contributed by atoms with Gasteiger partial charge in [0.05, 0.1) is 15.1 Å². The molecule has 0 saturated carbocycles. The predicted octanol–water partition coefficient (Wildman–Crippen LogP) is 2.92. The van der Waals surface area contributed by atoms with Crippen molar-refractivity contribution in [2.24, 2.45) is 5.92 Å². The first-order valence-corrected chi connectivity index (χ1v) is 5.73. The zero-order valence-corrected chi connectivity index (χ0v) is 10.9. The van der Waals surface area contributed by atoms with E-state index in [2.05, 4.69) is 15.9 Å². The van der Waals surface area contributed by atoms with Crippen LogP contribution in [0.25, 0.3) is 0 Å². The minimum absolute atomic E-state index is 0.216. The Labute approximate surface area is 102 Å². The number of rotatable bonds is 3. The minimum Gasteiger partial charge on any atom is -0.313 e. The fraction of sp³-hybridized carbons (Fsp3) is 0.400. The molecule has 0 saturated heterocycles. The van der Waals surface area contributed by atoms with Crippen molar-refractivity contribution in [1.29, 1.82) is 5.41 Å². The third-order valence-electron chi connectivity index (χ3n) is 1.91. The van der Waals surface area contributed by atoms with Crippen LogP contribution in [-0.2, 0) is 6.54 Å². The molecule has 1 aromatic rings. The van der Waals surface area contributed by atoms with Crippen molar-refractivity contribution < 1.29 is 0 Å². The van der Waals surface area contributed by atoms with Crippen LogP contribution in [0.2, 0.25) is 5.02 Å². The molecule has 0 amide bonds.